The number of nitrogens with two attached hydrogens (primary N) is 1. The number of benzene rings is 2. The van der Waals surface area contributed by atoms with E-state index in [-0.39, 0.29) is 17.3 Å². The van der Waals surface area contributed by atoms with E-state index in [1.807, 2.05) is 73.0 Å². The number of carbonyl (C=O) groups is 1. The molecule has 5 rings (SSSR count). The van der Waals surface area contributed by atoms with Crippen molar-refractivity contribution in [2.24, 2.45) is 5.10 Å². The largest absolute Gasteiger partial charge is 0.494 e. The number of nitrogen functional groups attached to an aromatic ring is 1. The summed E-state index contributed by atoms with van der Waals surface area (Å²) in [5.74, 6) is 0.638. The van der Waals surface area contributed by atoms with Crippen molar-refractivity contribution < 1.29 is 9.53 Å². The van der Waals surface area contributed by atoms with Crippen molar-refractivity contribution in [1.29, 1.82) is 0 Å². The van der Waals surface area contributed by atoms with Gasteiger partial charge in [0, 0.05) is 4.88 Å². The van der Waals surface area contributed by atoms with Crippen LogP contribution in [0.15, 0.2) is 71.1 Å². The summed E-state index contributed by atoms with van der Waals surface area (Å²) in [7, 11) is 0. The van der Waals surface area contributed by atoms with Crippen LogP contribution in [0.1, 0.15) is 27.7 Å². The van der Waals surface area contributed by atoms with Gasteiger partial charge in [0.15, 0.2) is 5.65 Å². The van der Waals surface area contributed by atoms with Crippen molar-refractivity contribution in [2.75, 3.05) is 12.3 Å². The Hall–Kier alpha value is -4.24. The second-order valence-corrected chi connectivity index (χ2v) is 8.50. The van der Waals surface area contributed by atoms with E-state index in [1.165, 1.54) is 4.68 Å². The molecule has 34 heavy (non-hydrogen) atoms. The Morgan fingerprint density at radius 1 is 1.12 bits per heavy atom. The van der Waals surface area contributed by atoms with Crippen molar-refractivity contribution in [1.82, 2.24) is 20.0 Å². The average Bonchev–Trinajstić information content (AvgIpc) is 3.46. The summed E-state index contributed by atoms with van der Waals surface area (Å²) in [5, 5.41) is 9.44. The van der Waals surface area contributed by atoms with Crippen LogP contribution < -0.4 is 15.8 Å². The topological polar surface area (TPSA) is 107 Å². The first kappa shape index (κ1) is 21.6. The van der Waals surface area contributed by atoms with Crippen LogP contribution in [0.3, 0.4) is 0 Å². The molecular weight excluding hydrogens is 448 g/mol. The van der Waals surface area contributed by atoms with E-state index in [1.54, 1.807) is 17.6 Å². The van der Waals surface area contributed by atoms with Gasteiger partial charge in [-0.15, -0.1) is 11.3 Å². The second kappa shape index (κ2) is 9.32. The summed E-state index contributed by atoms with van der Waals surface area (Å²) in [6, 6.07) is 18.9. The first-order valence-corrected chi connectivity index (χ1v) is 11.7. The zero-order valence-electron chi connectivity index (χ0n) is 18.4. The van der Waals surface area contributed by atoms with Gasteiger partial charge in [-0.3, -0.25) is 4.79 Å². The van der Waals surface area contributed by atoms with Gasteiger partial charge in [0.2, 0.25) is 0 Å². The van der Waals surface area contributed by atoms with Gasteiger partial charge in [0.05, 0.1) is 30.4 Å². The highest BCUT2D eigenvalue weighted by Crippen LogP contribution is 2.28. The number of aromatic nitrogens is 3. The molecule has 8 nitrogen and oxygen atoms in total. The van der Waals surface area contributed by atoms with Crippen LogP contribution in [0.2, 0.25) is 0 Å². The van der Waals surface area contributed by atoms with Gasteiger partial charge in [-0.2, -0.15) is 9.78 Å². The number of hydrogen-bond acceptors (Lipinski definition) is 7. The number of thiophene rings is 1. The molecule has 3 aromatic heterocycles. The average molecular weight is 471 g/mol. The predicted octanol–water partition coefficient (Wildman–Crippen LogP) is 4.44. The Morgan fingerprint density at radius 2 is 1.88 bits per heavy atom. The van der Waals surface area contributed by atoms with Gasteiger partial charge in [-0.1, -0.05) is 18.2 Å². The Kier molecular flexibility index (Phi) is 5.92. The number of nitrogens with one attached hydrogen (secondary N) is 1. The molecule has 0 spiro atoms. The van der Waals surface area contributed by atoms with Crippen molar-refractivity contribution in [3.8, 4) is 5.75 Å². The first-order chi connectivity index (χ1) is 16.6. The lowest BCUT2D eigenvalue weighted by atomic mass is 10.2. The molecule has 0 fully saturated rings. The number of anilines is 1. The Balaban J connectivity index is 1.56. The molecule has 0 aliphatic heterocycles. The van der Waals surface area contributed by atoms with Crippen LogP contribution >= 0.6 is 11.3 Å². The lowest BCUT2D eigenvalue weighted by Gasteiger charge is -2.04. The molecule has 170 valence electrons. The van der Waals surface area contributed by atoms with E-state index in [2.05, 4.69) is 10.4 Å². The fourth-order valence-corrected chi connectivity index (χ4v) is 4.24. The molecule has 9 heteroatoms. The summed E-state index contributed by atoms with van der Waals surface area (Å²) in [4.78, 5) is 23.6. The lowest BCUT2D eigenvalue weighted by Crippen LogP contribution is -2.23. The van der Waals surface area contributed by atoms with E-state index in [0.717, 1.165) is 16.2 Å². The first-order valence-electron chi connectivity index (χ1n) is 10.8. The van der Waals surface area contributed by atoms with Gasteiger partial charge in [-0.25, -0.2) is 9.97 Å². The van der Waals surface area contributed by atoms with Crippen LogP contribution in [-0.4, -0.2) is 33.4 Å². The number of fused-ring (bicyclic) bond motifs is 2. The van der Waals surface area contributed by atoms with Crippen LogP contribution in [0, 0.1) is 0 Å². The SMILES string of the molecule is CCOc1ccc(/C=N\n2c(N)c(C(=O)NCc3cccs3)c3nc4ccccc4nc32)cc1. The smallest absolute Gasteiger partial charge is 0.257 e. The zero-order valence-corrected chi connectivity index (χ0v) is 19.2. The standard InChI is InChI=1S/C25H22N6O2S/c1-2-33-17-11-9-16(10-12-17)14-28-31-23(26)21(25(32)27-15-18-6-5-13-34-18)22-24(31)30-20-8-4-3-7-19(20)29-22/h3-14H,2,15,26H2,1H3,(H,27,32)/b28-14-. The molecule has 3 heterocycles. The summed E-state index contributed by atoms with van der Waals surface area (Å²) in [5.41, 5.74) is 9.74. The quantitative estimate of drug-likeness (QED) is 0.342. The Bertz CT molecular complexity index is 1490. The Labute approximate surface area is 199 Å². The number of rotatable bonds is 7. The third-order valence-electron chi connectivity index (χ3n) is 5.22. The number of ether oxygens (including phenoxy) is 1. The third-order valence-corrected chi connectivity index (χ3v) is 6.09. The van der Waals surface area contributed by atoms with E-state index in [4.69, 9.17) is 20.4 Å². The van der Waals surface area contributed by atoms with E-state index >= 15 is 0 Å². The van der Waals surface area contributed by atoms with Crippen molar-refractivity contribution in [3.63, 3.8) is 0 Å². The molecule has 0 unspecified atom stereocenters. The number of amides is 1. The maximum Gasteiger partial charge on any atom is 0.257 e. The van der Waals surface area contributed by atoms with Gasteiger partial charge in [0.25, 0.3) is 5.91 Å². The molecule has 0 radical (unpaired) electrons. The molecule has 0 saturated carbocycles. The van der Waals surface area contributed by atoms with Gasteiger partial charge in [0.1, 0.15) is 22.6 Å². The van der Waals surface area contributed by atoms with Crippen LogP contribution in [0.5, 0.6) is 5.75 Å². The number of nitrogens with zero attached hydrogens (tertiary/aromatic N) is 4. The van der Waals surface area contributed by atoms with Crippen LogP contribution in [0.4, 0.5) is 5.82 Å². The molecular formula is C25H22N6O2S. The number of carbonyl (C=O) groups excluding carboxylic acids is 1. The fourth-order valence-electron chi connectivity index (χ4n) is 3.60. The Morgan fingerprint density at radius 3 is 2.59 bits per heavy atom. The van der Waals surface area contributed by atoms with E-state index < -0.39 is 0 Å². The normalized spacial score (nSPS) is 11.4. The fraction of sp³-hybridized carbons (Fsp3) is 0.120. The molecule has 0 aliphatic rings. The maximum atomic E-state index is 13.2. The minimum atomic E-state index is -0.324. The molecule has 5 aromatic rings. The van der Waals surface area contributed by atoms with Gasteiger partial charge >= 0.3 is 0 Å². The predicted molar refractivity (Wildman–Crippen MR) is 136 cm³/mol. The minimum absolute atomic E-state index is 0.177. The number of hydrogen-bond donors (Lipinski definition) is 2. The summed E-state index contributed by atoms with van der Waals surface area (Å²) < 4.78 is 6.95. The molecule has 0 saturated heterocycles. The molecule has 0 bridgehead atoms. The molecule has 0 aliphatic carbocycles. The highest BCUT2D eigenvalue weighted by Gasteiger charge is 2.24. The highest BCUT2D eigenvalue weighted by molar-refractivity contribution is 7.09. The summed E-state index contributed by atoms with van der Waals surface area (Å²) >= 11 is 1.57. The van der Waals surface area contributed by atoms with Crippen molar-refractivity contribution >= 4 is 51.5 Å². The monoisotopic (exact) mass is 470 g/mol. The van der Waals surface area contributed by atoms with E-state index in [0.29, 0.717) is 35.3 Å². The molecule has 1 amide bonds. The molecule has 2 aromatic carbocycles. The van der Waals surface area contributed by atoms with Crippen molar-refractivity contribution in [2.45, 2.75) is 13.5 Å². The van der Waals surface area contributed by atoms with E-state index in [9.17, 15) is 4.79 Å². The third kappa shape index (κ3) is 4.20. The van der Waals surface area contributed by atoms with Crippen LogP contribution in [-0.2, 0) is 6.54 Å². The van der Waals surface area contributed by atoms with Gasteiger partial charge < -0.3 is 15.8 Å². The molecule has 0 atom stereocenters. The zero-order chi connectivity index (χ0) is 23.5. The number of para-hydroxylation sites is 2. The lowest BCUT2D eigenvalue weighted by molar-refractivity contribution is 0.0953. The van der Waals surface area contributed by atoms with Gasteiger partial charge in [-0.05, 0) is 60.3 Å². The summed E-state index contributed by atoms with van der Waals surface area (Å²) in [6.45, 7) is 2.94. The second-order valence-electron chi connectivity index (χ2n) is 7.47. The minimum Gasteiger partial charge on any atom is -0.494 e. The maximum absolute atomic E-state index is 13.2. The highest BCUT2D eigenvalue weighted by atomic mass is 32.1. The van der Waals surface area contributed by atoms with Crippen molar-refractivity contribution in [3.05, 3.63) is 82.0 Å². The van der Waals surface area contributed by atoms with Crippen LogP contribution in [0.25, 0.3) is 22.2 Å². The molecule has 3 N–H and O–H groups in total. The summed E-state index contributed by atoms with van der Waals surface area (Å²) in [6.07, 6.45) is 1.66.